The summed E-state index contributed by atoms with van der Waals surface area (Å²) < 4.78 is 30.7. The lowest BCUT2D eigenvalue weighted by Gasteiger charge is -2.17. The lowest BCUT2D eigenvalue weighted by molar-refractivity contribution is -0.116. The summed E-state index contributed by atoms with van der Waals surface area (Å²) in [6, 6.07) is 13.8. The third kappa shape index (κ3) is 4.68. The van der Waals surface area contributed by atoms with E-state index in [1.807, 2.05) is 0 Å². The molecule has 1 heterocycles. The van der Waals surface area contributed by atoms with Crippen LogP contribution in [0.1, 0.15) is 12.8 Å². The number of rotatable bonds is 6. The number of benzene rings is 2. The lowest BCUT2D eigenvalue weighted by atomic mass is 10.2. The average molecular weight is 395 g/mol. The molecule has 0 unspecified atom stereocenters. The Kier molecular flexibility index (Phi) is 5.68. The molecular weight excluding hydrogens is 376 g/mol. The molecular formula is C18H19ClN2O4S. The minimum absolute atomic E-state index is 0.179. The fourth-order valence-corrected chi connectivity index (χ4v) is 4.43. The quantitative estimate of drug-likeness (QED) is 0.815. The van der Waals surface area contributed by atoms with Crippen molar-refractivity contribution in [2.75, 3.05) is 28.5 Å². The third-order valence-corrected chi connectivity index (χ3v) is 6.04. The van der Waals surface area contributed by atoms with Gasteiger partial charge in [0, 0.05) is 17.3 Å². The predicted molar refractivity (Wildman–Crippen MR) is 102 cm³/mol. The number of amides is 1. The number of nitrogens with one attached hydrogen (secondary N) is 1. The SMILES string of the molecule is O=C(CCOc1cccc(Cl)c1)Nc1ccc(N2CCCS2(=O)=O)cc1. The lowest BCUT2D eigenvalue weighted by Crippen LogP contribution is -2.25. The molecule has 0 aromatic heterocycles. The van der Waals surface area contributed by atoms with Gasteiger partial charge in [0.2, 0.25) is 15.9 Å². The highest BCUT2D eigenvalue weighted by Gasteiger charge is 2.28. The molecule has 1 amide bonds. The molecule has 3 rings (SSSR count). The van der Waals surface area contributed by atoms with Gasteiger partial charge in [-0.1, -0.05) is 17.7 Å². The largest absolute Gasteiger partial charge is 0.493 e. The van der Waals surface area contributed by atoms with Crippen LogP contribution in [0.3, 0.4) is 0 Å². The van der Waals surface area contributed by atoms with Gasteiger partial charge in [-0.25, -0.2) is 8.42 Å². The minimum atomic E-state index is -3.20. The van der Waals surface area contributed by atoms with Gasteiger partial charge in [0.05, 0.1) is 24.5 Å². The Labute approximate surface area is 157 Å². The van der Waals surface area contributed by atoms with Crippen LogP contribution in [0.25, 0.3) is 0 Å². The highest BCUT2D eigenvalue weighted by molar-refractivity contribution is 7.93. The van der Waals surface area contributed by atoms with Crippen molar-refractivity contribution in [3.05, 3.63) is 53.6 Å². The van der Waals surface area contributed by atoms with Crippen LogP contribution in [-0.4, -0.2) is 33.2 Å². The fraction of sp³-hybridized carbons (Fsp3) is 0.278. The number of carbonyl (C=O) groups is 1. The molecule has 0 aliphatic carbocycles. The van der Waals surface area contributed by atoms with Gasteiger partial charge in [0.1, 0.15) is 5.75 Å². The second kappa shape index (κ2) is 7.97. The van der Waals surface area contributed by atoms with Crippen LogP contribution in [0, 0.1) is 0 Å². The monoisotopic (exact) mass is 394 g/mol. The van der Waals surface area contributed by atoms with E-state index in [0.717, 1.165) is 0 Å². The highest BCUT2D eigenvalue weighted by atomic mass is 35.5. The molecule has 0 atom stereocenters. The number of hydrogen-bond acceptors (Lipinski definition) is 4. The molecule has 0 bridgehead atoms. The van der Waals surface area contributed by atoms with Crippen molar-refractivity contribution < 1.29 is 17.9 Å². The van der Waals surface area contributed by atoms with Crippen LogP contribution in [0.4, 0.5) is 11.4 Å². The number of sulfonamides is 1. The Balaban J connectivity index is 1.50. The summed E-state index contributed by atoms with van der Waals surface area (Å²) in [4.78, 5) is 12.0. The highest BCUT2D eigenvalue weighted by Crippen LogP contribution is 2.25. The van der Waals surface area contributed by atoms with E-state index in [0.29, 0.717) is 35.1 Å². The topological polar surface area (TPSA) is 75.7 Å². The van der Waals surface area contributed by atoms with E-state index in [1.165, 1.54) is 4.31 Å². The molecule has 0 spiro atoms. The number of halogens is 1. The molecule has 2 aromatic rings. The standard InChI is InChI=1S/C18H19ClN2O4S/c19-14-3-1-4-17(13-14)25-11-9-18(22)20-15-5-7-16(8-6-15)21-10-2-12-26(21,23)24/h1,3-8,13H,2,9-12H2,(H,20,22). The van der Waals surface area contributed by atoms with E-state index in [-0.39, 0.29) is 24.7 Å². The molecule has 0 radical (unpaired) electrons. The van der Waals surface area contributed by atoms with Crippen molar-refractivity contribution in [1.29, 1.82) is 0 Å². The molecule has 26 heavy (non-hydrogen) atoms. The van der Waals surface area contributed by atoms with Crippen molar-refractivity contribution in [1.82, 2.24) is 0 Å². The maximum Gasteiger partial charge on any atom is 0.235 e. The van der Waals surface area contributed by atoms with E-state index in [4.69, 9.17) is 16.3 Å². The third-order valence-electron chi connectivity index (χ3n) is 3.93. The number of hydrogen-bond donors (Lipinski definition) is 1. The zero-order valence-corrected chi connectivity index (χ0v) is 15.6. The molecule has 1 N–H and O–H groups in total. The number of anilines is 2. The van der Waals surface area contributed by atoms with Gasteiger partial charge in [-0.3, -0.25) is 9.10 Å². The van der Waals surface area contributed by atoms with Gasteiger partial charge in [-0.05, 0) is 48.9 Å². The Hall–Kier alpha value is -2.25. The zero-order chi connectivity index (χ0) is 18.6. The molecule has 1 fully saturated rings. The molecule has 1 saturated heterocycles. The van der Waals surface area contributed by atoms with Gasteiger partial charge < -0.3 is 10.1 Å². The van der Waals surface area contributed by atoms with E-state index < -0.39 is 10.0 Å². The normalized spacial score (nSPS) is 15.7. The second-order valence-corrected chi connectivity index (χ2v) is 8.34. The maximum atomic E-state index is 12.0. The first-order valence-electron chi connectivity index (χ1n) is 8.23. The van der Waals surface area contributed by atoms with Gasteiger partial charge in [-0.2, -0.15) is 0 Å². The predicted octanol–water partition coefficient (Wildman–Crippen LogP) is 3.29. The van der Waals surface area contributed by atoms with Crippen LogP contribution < -0.4 is 14.4 Å². The average Bonchev–Trinajstić information content (AvgIpc) is 2.95. The van der Waals surface area contributed by atoms with E-state index >= 15 is 0 Å². The number of nitrogens with zero attached hydrogens (tertiary/aromatic N) is 1. The van der Waals surface area contributed by atoms with Crippen LogP contribution in [-0.2, 0) is 14.8 Å². The van der Waals surface area contributed by atoms with Crippen LogP contribution in [0.5, 0.6) is 5.75 Å². The Morgan fingerprint density at radius 1 is 1.19 bits per heavy atom. The van der Waals surface area contributed by atoms with Crippen LogP contribution >= 0.6 is 11.6 Å². The molecule has 1 aliphatic rings. The van der Waals surface area contributed by atoms with Crippen molar-refractivity contribution in [2.45, 2.75) is 12.8 Å². The van der Waals surface area contributed by atoms with Crippen molar-refractivity contribution in [3.63, 3.8) is 0 Å². The first-order valence-corrected chi connectivity index (χ1v) is 10.2. The summed E-state index contributed by atoms with van der Waals surface area (Å²) in [6.45, 7) is 0.727. The van der Waals surface area contributed by atoms with Gasteiger partial charge in [0.25, 0.3) is 0 Å². The fourth-order valence-electron chi connectivity index (χ4n) is 2.68. The first kappa shape index (κ1) is 18.5. The Morgan fingerprint density at radius 3 is 2.62 bits per heavy atom. The smallest absolute Gasteiger partial charge is 0.235 e. The molecule has 1 aliphatic heterocycles. The minimum Gasteiger partial charge on any atom is -0.493 e. The van der Waals surface area contributed by atoms with E-state index in [9.17, 15) is 13.2 Å². The Bertz CT molecular complexity index is 884. The van der Waals surface area contributed by atoms with Gasteiger partial charge in [-0.15, -0.1) is 0 Å². The molecule has 6 nitrogen and oxygen atoms in total. The molecule has 0 saturated carbocycles. The number of ether oxygens (including phenoxy) is 1. The van der Waals surface area contributed by atoms with Crippen molar-refractivity contribution in [2.24, 2.45) is 0 Å². The van der Waals surface area contributed by atoms with Crippen LogP contribution in [0.2, 0.25) is 5.02 Å². The number of carbonyl (C=O) groups excluding carboxylic acids is 1. The van der Waals surface area contributed by atoms with E-state index in [2.05, 4.69) is 5.32 Å². The van der Waals surface area contributed by atoms with Crippen molar-refractivity contribution >= 4 is 38.9 Å². The summed E-state index contributed by atoms with van der Waals surface area (Å²) in [5.74, 6) is 0.605. The Morgan fingerprint density at radius 2 is 1.96 bits per heavy atom. The van der Waals surface area contributed by atoms with Gasteiger partial charge in [0.15, 0.2) is 0 Å². The molecule has 8 heteroatoms. The van der Waals surface area contributed by atoms with Crippen LogP contribution in [0.15, 0.2) is 48.5 Å². The van der Waals surface area contributed by atoms with Crippen molar-refractivity contribution in [3.8, 4) is 5.75 Å². The second-order valence-electron chi connectivity index (χ2n) is 5.89. The molecule has 2 aromatic carbocycles. The maximum absolute atomic E-state index is 12.0. The molecule has 138 valence electrons. The summed E-state index contributed by atoms with van der Waals surface area (Å²) in [5.41, 5.74) is 1.22. The first-order chi connectivity index (χ1) is 12.4. The zero-order valence-electron chi connectivity index (χ0n) is 14.0. The summed E-state index contributed by atoms with van der Waals surface area (Å²) in [5, 5.41) is 3.34. The van der Waals surface area contributed by atoms with Gasteiger partial charge >= 0.3 is 0 Å². The van der Waals surface area contributed by atoms with E-state index in [1.54, 1.807) is 48.5 Å². The summed E-state index contributed by atoms with van der Waals surface area (Å²) >= 11 is 5.87. The summed E-state index contributed by atoms with van der Waals surface area (Å²) in [7, 11) is -3.20. The summed E-state index contributed by atoms with van der Waals surface area (Å²) in [6.07, 6.45) is 0.822.